The molecule has 7 heteroatoms. The summed E-state index contributed by atoms with van der Waals surface area (Å²) in [5, 5.41) is 8.82. The van der Waals surface area contributed by atoms with Crippen molar-refractivity contribution in [1.29, 1.82) is 0 Å². The normalized spacial score (nSPS) is 37.3. The van der Waals surface area contributed by atoms with Gasteiger partial charge in [0, 0.05) is 5.92 Å². The van der Waals surface area contributed by atoms with E-state index in [4.69, 9.17) is 14.6 Å². The van der Waals surface area contributed by atoms with Crippen LogP contribution in [0.1, 0.15) is 63.2 Å². The Morgan fingerprint density at radius 3 is 2.30 bits per heavy atom. The predicted molar refractivity (Wildman–Crippen MR) is 116 cm³/mol. The van der Waals surface area contributed by atoms with Crippen LogP contribution >= 0.6 is 0 Å². The summed E-state index contributed by atoms with van der Waals surface area (Å²) in [4.78, 5) is 23.4. The zero-order chi connectivity index (χ0) is 23.7. The zero-order valence-corrected chi connectivity index (χ0v) is 19.3. The van der Waals surface area contributed by atoms with Crippen molar-refractivity contribution in [2.24, 2.45) is 41.4 Å². The van der Waals surface area contributed by atoms with E-state index in [1.807, 2.05) is 0 Å². The fraction of sp³-hybridized carbons (Fsp3) is 0.692. The van der Waals surface area contributed by atoms with Gasteiger partial charge in [-0.2, -0.15) is 8.78 Å². The van der Waals surface area contributed by atoms with Crippen LogP contribution in [-0.2, 0) is 9.53 Å². The van der Waals surface area contributed by atoms with E-state index >= 15 is 0 Å². The number of hydrogen-bond donors (Lipinski definition) is 1. The third-order valence-electron chi connectivity index (χ3n) is 8.99. The summed E-state index contributed by atoms with van der Waals surface area (Å²) in [7, 11) is 0. The molecule has 5 nitrogen and oxygen atoms in total. The fourth-order valence-corrected chi connectivity index (χ4v) is 7.84. The van der Waals surface area contributed by atoms with Crippen LogP contribution in [0.4, 0.5) is 8.78 Å². The molecule has 0 radical (unpaired) electrons. The van der Waals surface area contributed by atoms with E-state index in [2.05, 4.69) is 6.92 Å². The fourth-order valence-electron chi connectivity index (χ4n) is 7.84. The number of aliphatic carboxylic acids is 1. The summed E-state index contributed by atoms with van der Waals surface area (Å²) in [6.45, 7) is 4.99. The van der Waals surface area contributed by atoms with Crippen molar-refractivity contribution in [2.75, 3.05) is 0 Å². The third-order valence-corrected chi connectivity index (χ3v) is 8.99. The molecule has 4 bridgehead atoms. The van der Waals surface area contributed by atoms with E-state index in [0.29, 0.717) is 11.7 Å². The Hall–Kier alpha value is -2.18. The molecular weight excluding hydrogens is 430 g/mol. The van der Waals surface area contributed by atoms with Crippen molar-refractivity contribution >= 4 is 11.9 Å². The molecule has 8 unspecified atom stereocenters. The smallest absolute Gasteiger partial charge is 0.378 e. The predicted octanol–water partition coefficient (Wildman–Crippen LogP) is 5.43. The minimum absolute atomic E-state index is 0.0838. The topological polar surface area (TPSA) is 72.8 Å². The SMILES string of the molecule is CC(C)C(OC(=O)c1ccc(OC2(C)CC3CC2C2C4CCC(C4)C32)cc1)C(F)(F)C(=O)O. The molecule has 4 aliphatic rings. The first-order valence-electron chi connectivity index (χ1n) is 12.1. The number of carboxylic acids is 1. The Kier molecular flexibility index (Phi) is 5.25. The average molecular weight is 463 g/mol. The largest absolute Gasteiger partial charge is 0.487 e. The minimum Gasteiger partial charge on any atom is -0.487 e. The summed E-state index contributed by atoms with van der Waals surface area (Å²) >= 11 is 0. The van der Waals surface area contributed by atoms with Crippen molar-refractivity contribution in [3.05, 3.63) is 29.8 Å². The van der Waals surface area contributed by atoms with Crippen LogP contribution < -0.4 is 4.74 Å². The highest BCUT2D eigenvalue weighted by Gasteiger charge is 2.66. The molecule has 4 aliphatic carbocycles. The molecule has 8 atom stereocenters. The number of fused-ring (bicyclic) bond motifs is 9. The first-order chi connectivity index (χ1) is 15.5. The highest BCUT2D eigenvalue weighted by molar-refractivity contribution is 5.90. The van der Waals surface area contributed by atoms with Crippen LogP contribution in [0.15, 0.2) is 24.3 Å². The molecule has 0 aliphatic heterocycles. The summed E-state index contributed by atoms with van der Waals surface area (Å²) < 4.78 is 39.4. The van der Waals surface area contributed by atoms with Gasteiger partial charge < -0.3 is 14.6 Å². The van der Waals surface area contributed by atoms with Gasteiger partial charge in [-0.3, -0.25) is 0 Å². The van der Waals surface area contributed by atoms with Gasteiger partial charge in [0.2, 0.25) is 0 Å². The molecule has 0 aromatic heterocycles. The number of esters is 1. The lowest BCUT2D eigenvalue weighted by Crippen LogP contribution is -2.47. The molecule has 0 saturated heterocycles. The molecule has 4 fully saturated rings. The van der Waals surface area contributed by atoms with E-state index in [1.165, 1.54) is 51.7 Å². The number of carbonyl (C=O) groups excluding carboxylic acids is 1. The van der Waals surface area contributed by atoms with E-state index in [-0.39, 0.29) is 11.2 Å². The number of hydrogen-bond acceptors (Lipinski definition) is 4. The maximum absolute atomic E-state index is 14.0. The standard InChI is InChI=1S/C26H32F2O5/c1-13(2)22(26(27,28)24(30)31)32-23(29)14-6-8-18(9-7-14)33-25(3)12-17-11-19(25)21-16-5-4-15(10-16)20(17)21/h6-9,13,15-17,19-22H,4-5,10-12H2,1-3H3,(H,30,31). The molecule has 180 valence electrons. The van der Waals surface area contributed by atoms with Gasteiger partial charge in [-0.1, -0.05) is 13.8 Å². The number of rotatable bonds is 7. The second-order valence-electron chi connectivity index (χ2n) is 11.2. The van der Waals surface area contributed by atoms with E-state index in [0.717, 1.165) is 36.0 Å². The van der Waals surface area contributed by atoms with E-state index < -0.39 is 29.9 Å². The summed E-state index contributed by atoms with van der Waals surface area (Å²) in [6.07, 6.45) is 4.42. The number of benzene rings is 1. The number of alkyl halides is 2. The number of halogens is 2. The van der Waals surface area contributed by atoms with Gasteiger partial charge in [0.05, 0.1) is 5.56 Å². The molecule has 1 aromatic rings. The van der Waals surface area contributed by atoms with Crippen molar-refractivity contribution in [1.82, 2.24) is 0 Å². The van der Waals surface area contributed by atoms with Gasteiger partial charge in [-0.15, -0.1) is 0 Å². The van der Waals surface area contributed by atoms with Crippen LogP contribution in [0.5, 0.6) is 5.75 Å². The summed E-state index contributed by atoms with van der Waals surface area (Å²) in [5.41, 5.74) is -0.134. The Morgan fingerprint density at radius 2 is 1.70 bits per heavy atom. The van der Waals surface area contributed by atoms with Crippen molar-refractivity contribution in [2.45, 2.75) is 70.5 Å². The van der Waals surface area contributed by atoms with Gasteiger partial charge in [0.15, 0.2) is 6.10 Å². The second kappa shape index (κ2) is 7.67. The van der Waals surface area contributed by atoms with Gasteiger partial charge in [-0.25, -0.2) is 9.59 Å². The second-order valence-corrected chi connectivity index (χ2v) is 11.2. The molecule has 4 saturated carbocycles. The van der Waals surface area contributed by atoms with Crippen molar-refractivity contribution < 1.29 is 33.0 Å². The quantitative estimate of drug-likeness (QED) is 0.432. The van der Waals surface area contributed by atoms with Crippen LogP contribution in [-0.4, -0.2) is 34.7 Å². The number of ether oxygens (including phenoxy) is 2. The first-order valence-corrected chi connectivity index (χ1v) is 12.1. The number of carboxylic acid groups (broad SMARTS) is 1. The molecule has 5 rings (SSSR count). The number of carbonyl (C=O) groups is 2. The maximum atomic E-state index is 14.0. The summed E-state index contributed by atoms with van der Waals surface area (Å²) in [5.74, 6) is -2.90. The van der Waals surface area contributed by atoms with Gasteiger partial charge in [0.1, 0.15) is 11.4 Å². The Bertz CT molecular complexity index is 945. The van der Waals surface area contributed by atoms with Crippen LogP contribution in [0.2, 0.25) is 0 Å². The lowest BCUT2D eigenvalue weighted by molar-refractivity contribution is -0.187. The molecule has 0 amide bonds. The molecule has 1 N–H and O–H groups in total. The lowest BCUT2D eigenvalue weighted by Gasteiger charge is -2.44. The van der Waals surface area contributed by atoms with Crippen LogP contribution in [0.25, 0.3) is 0 Å². The van der Waals surface area contributed by atoms with E-state index in [9.17, 15) is 18.4 Å². The van der Waals surface area contributed by atoms with Crippen molar-refractivity contribution in [3.63, 3.8) is 0 Å². The minimum atomic E-state index is -4.17. The van der Waals surface area contributed by atoms with Crippen LogP contribution in [0.3, 0.4) is 0 Å². The molecular formula is C26H32F2O5. The average Bonchev–Trinajstić information content (AvgIpc) is 3.50. The molecule has 0 heterocycles. The Labute approximate surface area is 192 Å². The highest BCUT2D eigenvalue weighted by Crippen LogP contribution is 2.70. The zero-order valence-electron chi connectivity index (χ0n) is 19.3. The molecule has 33 heavy (non-hydrogen) atoms. The monoisotopic (exact) mass is 462 g/mol. The maximum Gasteiger partial charge on any atom is 0.378 e. The molecule has 0 spiro atoms. The molecule has 1 aromatic carbocycles. The third kappa shape index (κ3) is 3.53. The van der Waals surface area contributed by atoms with Gasteiger partial charge in [0.25, 0.3) is 0 Å². The van der Waals surface area contributed by atoms with Crippen LogP contribution in [0, 0.1) is 41.4 Å². The van der Waals surface area contributed by atoms with Crippen molar-refractivity contribution in [3.8, 4) is 5.75 Å². The van der Waals surface area contributed by atoms with Gasteiger partial charge >= 0.3 is 17.9 Å². The Morgan fingerprint density at radius 1 is 1.06 bits per heavy atom. The van der Waals surface area contributed by atoms with Gasteiger partial charge in [-0.05, 0) is 98.8 Å². The van der Waals surface area contributed by atoms with E-state index in [1.54, 1.807) is 12.1 Å². The highest BCUT2D eigenvalue weighted by atomic mass is 19.3. The summed E-state index contributed by atoms with van der Waals surface area (Å²) in [6, 6.07) is 6.33. The lowest BCUT2D eigenvalue weighted by atomic mass is 9.66. The Balaban J connectivity index is 1.26. The first kappa shape index (κ1) is 22.6.